The number of aliphatic hydroxyl groups excluding tert-OH is 1. The molecule has 0 bridgehead atoms. The van der Waals surface area contributed by atoms with Crippen LogP contribution in [0.2, 0.25) is 0 Å². The second-order valence-corrected chi connectivity index (χ2v) is 7.01. The van der Waals surface area contributed by atoms with Crippen LogP contribution in [0.3, 0.4) is 0 Å². The lowest BCUT2D eigenvalue weighted by Crippen LogP contribution is -2.33. The number of nitrogens with one attached hydrogen (secondary N) is 2. The number of hydrogen-bond acceptors (Lipinski definition) is 7. The van der Waals surface area contributed by atoms with E-state index < -0.39 is 0 Å². The number of nitrogens with zero attached hydrogens (tertiary/aromatic N) is 4. The summed E-state index contributed by atoms with van der Waals surface area (Å²) in [6, 6.07) is 8.37. The zero-order valence-corrected chi connectivity index (χ0v) is 15.9. The molecule has 4 rings (SSSR count). The highest BCUT2D eigenvalue weighted by Crippen LogP contribution is 2.28. The normalized spacial score (nSPS) is 16.6. The molecule has 0 aliphatic carbocycles. The standard InChI is InChI=1S/C20H25N7O/c1-22-9-13-4-6-14(7-5-13)16-10-24-20(25-16)18-19(21)23-11-17(26-18)27-8-2-3-15(27)12-28/h4-7,10-11,15,22,28H,2-3,8-9,12H2,1H3,(H2,21,23)(H,24,25)/t15-/m1/s1. The predicted molar refractivity (Wildman–Crippen MR) is 110 cm³/mol. The lowest BCUT2D eigenvalue weighted by molar-refractivity contribution is 0.266. The molecule has 1 fully saturated rings. The smallest absolute Gasteiger partial charge is 0.160 e. The van der Waals surface area contributed by atoms with Crippen LogP contribution in [0.1, 0.15) is 18.4 Å². The maximum atomic E-state index is 9.58. The summed E-state index contributed by atoms with van der Waals surface area (Å²) in [5, 5.41) is 12.7. The Morgan fingerprint density at radius 1 is 1.25 bits per heavy atom. The van der Waals surface area contributed by atoms with Gasteiger partial charge in [0.15, 0.2) is 17.3 Å². The number of nitrogens with two attached hydrogens (primary N) is 1. The van der Waals surface area contributed by atoms with Crippen molar-refractivity contribution in [3.63, 3.8) is 0 Å². The van der Waals surface area contributed by atoms with E-state index in [1.165, 1.54) is 5.56 Å². The maximum absolute atomic E-state index is 9.58. The molecule has 1 saturated heterocycles. The van der Waals surface area contributed by atoms with Crippen LogP contribution in [0.5, 0.6) is 0 Å². The summed E-state index contributed by atoms with van der Waals surface area (Å²) in [4.78, 5) is 18.9. The highest BCUT2D eigenvalue weighted by molar-refractivity contribution is 5.69. The molecule has 0 radical (unpaired) electrons. The van der Waals surface area contributed by atoms with Gasteiger partial charge in [-0.25, -0.2) is 15.0 Å². The van der Waals surface area contributed by atoms with Crippen molar-refractivity contribution < 1.29 is 5.11 Å². The fourth-order valence-electron chi connectivity index (χ4n) is 3.62. The van der Waals surface area contributed by atoms with Gasteiger partial charge in [-0.05, 0) is 31.0 Å². The number of aromatic nitrogens is 4. The summed E-state index contributed by atoms with van der Waals surface area (Å²) >= 11 is 0. The number of aliphatic hydroxyl groups is 1. The van der Waals surface area contributed by atoms with Crippen LogP contribution in [0.4, 0.5) is 11.6 Å². The van der Waals surface area contributed by atoms with Gasteiger partial charge in [0, 0.05) is 13.1 Å². The van der Waals surface area contributed by atoms with Crippen LogP contribution in [-0.4, -0.2) is 51.3 Å². The number of hydrogen-bond donors (Lipinski definition) is 4. The molecular weight excluding hydrogens is 354 g/mol. The topological polar surface area (TPSA) is 116 Å². The van der Waals surface area contributed by atoms with E-state index in [0.717, 1.165) is 43.0 Å². The van der Waals surface area contributed by atoms with Gasteiger partial charge in [0.05, 0.1) is 30.7 Å². The second kappa shape index (κ2) is 7.95. The van der Waals surface area contributed by atoms with E-state index in [1.807, 2.05) is 7.05 Å². The Balaban J connectivity index is 1.62. The van der Waals surface area contributed by atoms with Gasteiger partial charge < -0.3 is 26.0 Å². The first-order valence-corrected chi connectivity index (χ1v) is 9.49. The number of rotatable bonds is 6. The fourth-order valence-corrected chi connectivity index (χ4v) is 3.62. The summed E-state index contributed by atoms with van der Waals surface area (Å²) in [6.45, 7) is 1.79. The van der Waals surface area contributed by atoms with Crippen LogP contribution < -0.4 is 16.0 Å². The first-order chi connectivity index (χ1) is 13.7. The highest BCUT2D eigenvalue weighted by Gasteiger charge is 2.26. The SMILES string of the molecule is CNCc1ccc(-c2cnc(-c3nc(N4CCC[C@@H]4CO)cnc3N)[nH]2)cc1. The van der Waals surface area contributed by atoms with Gasteiger partial charge in [0.1, 0.15) is 5.82 Å². The van der Waals surface area contributed by atoms with Crippen molar-refractivity contribution in [2.75, 3.05) is 30.8 Å². The largest absolute Gasteiger partial charge is 0.394 e. The van der Waals surface area contributed by atoms with Gasteiger partial charge in [0.2, 0.25) is 0 Å². The van der Waals surface area contributed by atoms with E-state index >= 15 is 0 Å². The lowest BCUT2D eigenvalue weighted by atomic mass is 10.1. The van der Waals surface area contributed by atoms with Gasteiger partial charge >= 0.3 is 0 Å². The van der Waals surface area contributed by atoms with Gasteiger partial charge in [-0.2, -0.15) is 0 Å². The van der Waals surface area contributed by atoms with Crippen molar-refractivity contribution in [2.45, 2.75) is 25.4 Å². The Kier molecular flexibility index (Phi) is 5.23. The molecule has 3 heterocycles. The molecule has 0 spiro atoms. The van der Waals surface area contributed by atoms with Crippen LogP contribution in [0.15, 0.2) is 36.7 Å². The first kappa shape index (κ1) is 18.4. The zero-order valence-electron chi connectivity index (χ0n) is 15.9. The minimum absolute atomic E-state index is 0.0778. The zero-order chi connectivity index (χ0) is 19.5. The molecule has 3 aromatic rings. The number of anilines is 2. The van der Waals surface area contributed by atoms with E-state index in [-0.39, 0.29) is 12.6 Å². The molecule has 1 atom stereocenters. The Morgan fingerprint density at radius 2 is 2.07 bits per heavy atom. The van der Waals surface area contributed by atoms with E-state index in [1.54, 1.807) is 12.4 Å². The number of imidazole rings is 1. The number of nitrogen functional groups attached to an aromatic ring is 1. The molecule has 1 aliphatic rings. The molecule has 0 unspecified atom stereocenters. The summed E-state index contributed by atoms with van der Waals surface area (Å²) in [7, 11) is 1.93. The molecular formula is C20H25N7O. The molecule has 5 N–H and O–H groups in total. The minimum Gasteiger partial charge on any atom is -0.394 e. The Hall–Kier alpha value is -2.97. The average molecular weight is 379 g/mol. The molecule has 146 valence electrons. The lowest BCUT2D eigenvalue weighted by Gasteiger charge is -2.24. The third-order valence-electron chi connectivity index (χ3n) is 5.12. The maximum Gasteiger partial charge on any atom is 0.160 e. The van der Waals surface area contributed by atoms with Crippen molar-refractivity contribution in [3.8, 4) is 22.8 Å². The number of benzene rings is 1. The van der Waals surface area contributed by atoms with Crippen molar-refractivity contribution >= 4 is 11.6 Å². The molecule has 8 heteroatoms. The fraction of sp³-hybridized carbons (Fsp3) is 0.350. The predicted octanol–water partition coefficient (Wildman–Crippen LogP) is 1.80. The molecule has 0 amide bonds. The van der Waals surface area contributed by atoms with Crippen molar-refractivity contribution in [3.05, 3.63) is 42.2 Å². The molecule has 8 nitrogen and oxygen atoms in total. The molecule has 28 heavy (non-hydrogen) atoms. The van der Waals surface area contributed by atoms with Gasteiger partial charge in [0.25, 0.3) is 0 Å². The van der Waals surface area contributed by atoms with Crippen molar-refractivity contribution in [1.29, 1.82) is 0 Å². The third-order valence-corrected chi connectivity index (χ3v) is 5.12. The Labute approximate surface area is 163 Å². The summed E-state index contributed by atoms with van der Waals surface area (Å²) in [5.41, 5.74) is 9.77. The third kappa shape index (κ3) is 3.56. The molecule has 2 aromatic heterocycles. The Bertz CT molecular complexity index is 938. The van der Waals surface area contributed by atoms with Crippen LogP contribution in [-0.2, 0) is 6.54 Å². The van der Waals surface area contributed by atoms with Crippen LogP contribution >= 0.6 is 0 Å². The number of H-pyrrole nitrogens is 1. The summed E-state index contributed by atoms with van der Waals surface area (Å²) in [6.07, 6.45) is 5.42. The quantitative estimate of drug-likeness (QED) is 0.516. The van der Waals surface area contributed by atoms with E-state index in [0.29, 0.717) is 17.3 Å². The van der Waals surface area contributed by atoms with Crippen LogP contribution in [0.25, 0.3) is 22.8 Å². The summed E-state index contributed by atoms with van der Waals surface area (Å²) in [5.74, 6) is 1.63. The van der Waals surface area contributed by atoms with Gasteiger partial charge in [-0.1, -0.05) is 24.3 Å². The summed E-state index contributed by atoms with van der Waals surface area (Å²) < 4.78 is 0. The molecule has 1 aromatic carbocycles. The van der Waals surface area contributed by atoms with E-state index in [9.17, 15) is 5.11 Å². The van der Waals surface area contributed by atoms with E-state index in [4.69, 9.17) is 10.7 Å². The van der Waals surface area contributed by atoms with E-state index in [2.05, 4.69) is 49.4 Å². The number of aromatic amines is 1. The van der Waals surface area contributed by atoms with Crippen molar-refractivity contribution in [2.24, 2.45) is 0 Å². The monoisotopic (exact) mass is 379 g/mol. The van der Waals surface area contributed by atoms with Gasteiger partial charge in [-0.15, -0.1) is 0 Å². The average Bonchev–Trinajstić information content (AvgIpc) is 3.39. The highest BCUT2D eigenvalue weighted by atomic mass is 16.3. The van der Waals surface area contributed by atoms with Crippen LogP contribution in [0, 0.1) is 0 Å². The first-order valence-electron chi connectivity index (χ1n) is 9.49. The van der Waals surface area contributed by atoms with Gasteiger partial charge in [-0.3, -0.25) is 0 Å². The van der Waals surface area contributed by atoms with Crippen molar-refractivity contribution in [1.82, 2.24) is 25.3 Å². The second-order valence-electron chi connectivity index (χ2n) is 7.01. The molecule has 1 aliphatic heterocycles. The molecule has 0 saturated carbocycles. The Morgan fingerprint density at radius 3 is 2.82 bits per heavy atom. The minimum atomic E-state index is 0.0778.